The number of carbonyl (C=O) groups excluding carboxylic acids is 1. The summed E-state index contributed by atoms with van der Waals surface area (Å²) in [4.78, 5) is 15.2. The van der Waals surface area contributed by atoms with Gasteiger partial charge in [-0.3, -0.25) is 4.79 Å². The van der Waals surface area contributed by atoms with Gasteiger partial charge in [0.2, 0.25) is 0 Å². The number of amides is 1. The van der Waals surface area contributed by atoms with Crippen LogP contribution in [0.4, 0.5) is 11.4 Å². The first kappa shape index (κ1) is 19.0. The van der Waals surface area contributed by atoms with E-state index in [-0.39, 0.29) is 5.91 Å². The van der Waals surface area contributed by atoms with Crippen molar-refractivity contribution in [1.82, 2.24) is 0 Å². The van der Waals surface area contributed by atoms with Crippen molar-refractivity contribution in [2.24, 2.45) is 5.10 Å². The van der Waals surface area contributed by atoms with Gasteiger partial charge in [-0.2, -0.15) is 10.1 Å². The highest BCUT2D eigenvalue weighted by molar-refractivity contribution is 6.36. The number of anilines is 2. The second kappa shape index (κ2) is 7.95. The fourth-order valence-electron chi connectivity index (χ4n) is 3.29. The van der Waals surface area contributed by atoms with Crippen LogP contribution in [-0.4, -0.2) is 37.9 Å². The van der Waals surface area contributed by atoms with E-state index in [1.165, 1.54) is 5.01 Å². The molecule has 1 fully saturated rings. The molecule has 4 rings (SSSR count). The zero-order valence-electron chi connectivity index (χ0n) is 15.4. The normalized spacial score (nSPS) is 18.8. The van der Waals surface area contributed by atoms with Crippen molar-refractivity contribution in [2.45, 2.75) is 6.92 Å². The summed E-state index contributed by atoms with van der Waals surface area (Å²) in [6, 6.07) is 13.1. The molecule has 0 unspecified atom stereocenters. The van der Waals surface area contributed by atoms with Gasteiger partial charge in [0.15, 0.2) is 0 Å². The summed E-state index contributed by atoms with van der Waals surface area (Å²) >= 11 is 12.1. The molecular weight excluding hydrogens is 397 g/mol. The molecule has 0 aliphatic carbocycles. The van der Waals surface area contributed by atoms with Crippen LogP contribution < -0.4 is 9.91 Å². The highest BCUT2D eigenvalue weighted by Gasteiger charge is 2.29. The largest absolute Gasteiger partial charge is 0.378 e. The Hall–Kier alpha value is -2.34. The molecule has 0 aromatic heterocycles. The number of morpholine rings is 1. The summed E-state index contributed by atoms with van der Waals surface area (Å²) < 4.78 is 5.40. The Balaban J connectivity index is 1.56. The lowest BCUT2D eigenvalue weighted by Gasteiger charge is -2.28. The molecule has 1 saturated heterocycles. The summed E-state index contributed by atoms with van der Waals surface area (Å²) in [5.74, 6) is -0.201. The summed E-state index contributed by atoms with van der Waals surface area (Å²) in [6.45, 7) is 5.10. The van der Waals surface area contributed by atoms with Crippen molar-refractivity contribution < 1.29 is 9.53 Å². The summed E-state index contributed by atoms with van der Waals surface area (Å²) in [5, 5.41) is 6.63. The van der Waals surface area contributed by atoms with E-state index in [1.807, 2.05) is 25.1 Å². The second-order valence-corrected chi connectivity index (χ2v) is 7.55. The van der Waals surface area contributed by atoms with Crippen molar-refractivity contribution in [3.05, 3.63) is 63.6 Å². The third-order valence-electron chi connectivity index (χ3n) is 4.73. The minimum Gasteiger partial charge on any atom is -0.378 e. The molecule has 0 N–H and O–H groups in total. The van der Waals surface area contributed by atoms with E-state index in [0.29, 0.717) is 27.0 Å². The quantitative estimate of drug-likeness (QED) is 0.686. The van der Waals surface area contributed by atoms with Crippen LogP contribution in [0.25, 0.3) is 6.08 Å². The number of ether oxygens (including phenoxy) is 1. The average molecular weight is 416 g/mol. The van der Waals surface area contributed by atoms with Gasteiger partial charge in [0.1, 0.15) is 0 Å². The standard InChI is InChI=1S/C21H19Cl2N3O2/c1-14-20(21(27)26(24-14)19-12-16(22)11-17(23)13-19)10-15-2-4-18(5-3-15)25-6-8-28-9-7-25/h2-5,10-13H,6-9H2,1H3/b20-10+. The Bertz CT molecular complexity index is 944. The van der Waals surface area contributed by atoms with Gasteiger partial charge in [-0.25, -0.2) is 0 Å². The summed E-state index contributed by atoms with van der Waals surface area (Å²) in [5.41, 5.74) is 3.85. The van der Waals surface area contributed by atoms with E-state index in [2.05, 4.69) is 22.1 Å². The van der Waals surface area contributed by atoms with Gasteiger partial charge < -0.3 is 9.64 Å². The molecule has 0 bridgehead atoms. The zero-order chi connectivity index (χ0) is 19.7. The third kappa shape index (κ3) is 3.92. The van der Waals surface area contributed by atoms with Crippen molar-refractivity contribution in [2.75, 3.05) is 36.2 Å². The first-order chi connectivity index (χ1) is 13.5. The SMILES string of the molecule is CC1=NN(c2cc(Cl)cc(Cl)c2)C(=O)/C1=C/c1ccc(N2CCOCC2)cc1. The molecule has 2 aliphatic heterocycles. The van der Waals surface area contributed by atoms with Gasteiger partial charge in [-0.1, -0.05) is 35.3 Å². The van der Waals surface area contributed by atoms with Crippen LogP contribution in [0.3, 0.4) is 0 Å². The van der Waals surface area contributed by atoms with Crippen LogP contribution in [0.1, 0.15) is 12.5 Å². The molecular formula is C21H19Cl2N3O2. The van der Waals surface area contributed by atoms with Gasteiger partial charge in [0.25, 0.3) is 5.91 Å². The lowest BCUT2D eigenvalue weighted by molar-refractivity contribution is -0.114. The van der Waals surface area contributed by atoms with E-state index < -0.39 is 0 Å². The Kier molecular flexibility index (Phi) is 5.40. The Morgan fingerprint density at radius 3 is 2.29 bits per heavy atom. The minimum atomic E-state index is -0.201. The Labute approximate surface area is 173 Å². The lowest BCUT2D eigenvalue weighted by atomic mass is 10.1. The molecule has 2 aliphatic rings. The van der Waals surface area contributed by atoms with Crippen LogP contribution in [0.5, 0.6) is 0 Å². The first-order valence-corrected chi connectivity index (χ1v) is 9.77. The molecule has 2 heterocycles. The predicted molar refractivity (Wildman–Crippen MR) is 115 cm³/mol. The number of carbonyl (C=O) groups is 1. The van der Waals surface area contributed by atoms with Crippen LogP contribution in [0, 0.1) is 0 Å². The second-order valence-electron chi connectivity index (χ2n) is 6.68. The molecule has 7 heteroatoms. The van der Waals surface area contributed by atoms with E-state index in [9.17, 15) is 4.79 Å². The molecule has 2 aromatic carbocycles. The van der Waals surface area contributed by atoms with Gasteiger partial charge >= 0.3 is 0 Å². The van der Waals surface area contributed by atoms with Crippen LogP contribution in [0.2, 0.25) is 10.0 Å². The topological polar surface area (TPSA) is 45.1 Å². The Morgan fingerprint density at radius 2 is 1.64 bits per heavy atom. The smallest absolute Gasteiger partial charge is 0.280 e. The fraction of sp³-hybridized carbons (Fsp3) is 0.238. The van der Waals surface area contributed by atoms with Gasteiger partial charge in [0.05, 0.1) is 30.2 Å². The predicted octanol–water partition coefficient (Wildman–Crippen LogP) is 4.64. The molecule has 1 amide bonds. The van der Waals surface area contributed by atoms with Crippen LogP contribution in [-0.2, 0) is 9.53 Å². The third-order valence-corrected chi connectivity index (χ3v) is 5.17. The molecule has 0 radical (unpaired) electrons. The lowest BCUT2D eigenvalue weighted by Crippen LogP contribution is -2.36. The number of hydrazone groups is 1. The van der Waals surface area contributed by atoms with Crippen LogP contribution >= 0.6 is 23.2 Å². The number of benzene rings is 2. The number of rotatable bonds is 3. The van der Waals surface area contributed by atoms with Gasteiger partial charge in [-0.15, -0.1) is 0 Å². The van der Waals surface area contributed by atoms with E-state index in [1.54, 1.807) is 18.2 Å². The molecule has 0 spiro atoms. The zero-order valence-corrected chi connectivity index (χ0v) is 16.9. The van der Waals surface area contributed by atoms with Crippen molar-refractivity contribution in [1.29, 1.82) is 0 Å². The van der Waals surface area contributed by atoms with Gasteiger partial charge in [-0.05, 0) is 48.9 Å². The average Bonchev–Trinajstić information content (AvgIpc) is 2.97. The van der Waals surface area contributed by atoms with Gasteiger partial charge in [0, 0.05) is 28.8 Å². The van der Waals surface area contributed by atoms with Crippen molar-refractivity contribution >= 4 is 52.3 Å². The highest BCUT2D eigenvalue weighted by Crippen LogP contribution is 2.30. The molecule has 28 heavy (non-hydrogen) atoms. The number of hydrogen-bond acceptors (Lipinski definition) is 4. The molecule has 2 aromatic rings. The van der Waals surface area contributed by atoms with Crippen molar-refractivity contribution in [3.8, 4) is 0 Å². The summed E-state index contributed by atoms with van der Waals surface area (Å²) in [6.07, 6.45) is 1.86. The maximum Gasteiger partial charge on any atom is 0.280 e. The maximum absolute atomic E-state index is 12.9. The number of halogens is 2. The minimum absolute atomic E-state index is 0.201. The Morgan fingerprint density at radius 1 is 1.00 bits per heavy atom. The van der Waals surface area contributed by atoms with E-state index >= 15 is 0 Å². The molecule has 5 nitrogen and oxygen atoms in total. The highest BCUT2D eigenvalue weighted by atomic mass is 35.5. The monoisotopic (exact) mass is 415 g/mol. The molecule has 144 valence electrons. The molecule has 0 saturated carbocycles. The van der Waals surface area contributed by atoms with Crippen LogP contribution in [0.15, 0.2) is 53.1 Å². The number of nitrogens with zero attached hydrogens (tertiary/aromatic N) is 3. The fourth-order valence-corrected chi connectivity index (χ4v) is 3.80. The van der Waals surface area contributed by atoms with E-state index in [4.69, 9.17) is 27.9 Å². The number of hydrogen-bond donors (Lipinski definition) is 0. The van der Waals surface area contributed by atoms with E-state index in [0.717, 1.165) is 37.6 Å². The first-order valence-electron chi connectivity index (χ1n) is 9.02. The summed E-state index contributed by atoms with van der Waals surface area (Å²) in [7, 11) is 0. The molecule has 0 atom stereocenters. The maximum atomic E-state index is 12.9. The van der Waals surface area contributed by atoms with Crippen molar-refractivity contribution in [3.63, 3.8) is 0 Å².